The SMILES string of the molecule is CC1(C)C(=N)NC(c2nc(NC(=O)c3ccncn3)ccc2F)C[S+]1[O-]. The normalized spacial score (nSPS) is 21.8. The second-order valence-corrected chi connectivity index (χ2v) is 8.25. The molecule has 3 N–H and O–H groups in total. The summed E-state index contributed by atoms with van der Waals surface area (Å²) in [5.74, 6) is -0.806. The Bertz CT molecular complexity index is 848. The van der Waals surface area contributed by atoms with Gasteiger partial charge in [-0.25, -0.2) is 19.3 Å². The first-order chi connectivity index (χ1) is 12.3. The van der Waals surface area contributed by atoms with Gasteiger partial charge in [0.15, 0.2) is 10.6 Å². The quantitative estimate of drug-likeness (QED) is 0.695. The lowest BCUT2D eigenvalue weighted by molar-refractivity contribution is 0.102. The third-order valence-corrected chi connectivity index (χ3v) is 6.05. The molecule has 8 nitrogen and oxygen atoms in total. The minimum Gasteiger partial charge on any atom is -0.616 e. The van der Waals surface area contributed by atoms with Gasteiger partial charge in [-0.3, -0.25) is 10.2 Å². The molecule has 1 amide bonds. The Morgan fingerprint density at radius 1 is 1.46 bits per heavy atom. The Kier molecular flexibility index (Phi) is 4.88. The zero-order valence-electron chi connectivity index (χ0n) is 14.1. The number of nitrogens with zero attached hydrogens (tertiary/aromatic N) is 3. The molecule has 3 heterocycles. The molecular formula is C16H17FN6O2S. The van der Waals surface area contributed by atoms with Crippen molar-refractivity contribution in [1.29, 1.82) is 5.41 Å². The van der Waals surface area contributed by atoms with Crippen LogP contribution in [-0.4, -0.2) is 41.7 Å². The van der Waals surface area contributed by atoms with E-state index in [1.165, 1.54) is 30.7 Å². The van der Waals surface area contributed by atoms with Crippen molar-refractivity contribution in [2.24, 2.45) is 0 Å². The van der Waals surface area contributed by atoms with Crippen LogP contribution < -0.4 is 10.6 Å². The molecule has 2 unspecified atom stereocenters. The summed E-state index contributed by atoms with van der Waals surface area (Å²) in [5.41, 5.74) is 0.146. The summed E-state index contributed by atoms with van der Waals surface area (Å²) in [6.45, 7) is 3.38. The molecule has 1 aliphatic heterocycles. The number of nitrogens with one attached hydrogen (secondary N) is 3. The molecule has 2 aromatic heterocycles. The maximum Gasteiger partial charge on any atom is 0.275 e. The van der Waals surface area contributed by atoms with Crippen molar-refractivity contribution in [1.82, 2.24) is 20.3 Å². The molecule has 0 aliphatic carbocycles. The molecule has 1 saturated heterocycles. The van der Waals surface area contributed by atoms with Crippen LogP contribution in [0.2, 0.25) is 0 Å². The van der Waals surface area contributed by atoms with Crippen molar-refractivity contribution in [3.63, 3.8) is 0 Å². The Balaban J connectivity index is 1.82. The number of amides is 1. The Morgan fingerprint density at radius 3 is 2.88 bits per heavy atom. The van der Waals surface area contributed by atoms with E-state index in [1.807, 2.05) is 0 Å². The monoisotopic (exact) mass is 376 g/mol. The molecule has 1 aliphatic rings. The first kappa shape index (κ1) is 18.2. The standard InChI is InChI=1S/C16H17FN6O2S/c1-16(2)15(18)21-11(7-26(16)25)13-9(17)3-4-12(22-13)23-14(24)10-5-6-19-8-20-10/h3-6,8,11H,7H2,1-2H3,(H2,18,21)(H,22,23,24). The van der Waals surface area contributed by atoms with Crippen LogP contribution in [0, 0.1) is 11.2 Å². The second kappa shape index (κ2) is 6.96. The summed E-state index contributed by atoms with van der Waals surface area (Å²) in [4.78, 5) is 23.8. The van der Waals surface area contributed by atoms with E-state index in [4.69, 9.17) is 5.41 Å². The molecule has 2 aromatic rings. The third-order valence-electron chi connectivity index (χ3n) is 4.07. The van der Waals surface area contributed by atoms with Gasteiger partial charge < -0.3 is 15.2 Å². The number of pyridine rings is 1. The molecule has 26 heavy (non-hydrogen) atoms. The number of carbonyl (C=O) groups excluding carboxylic acids is 1. The third kappa shape index (κ3) is 3.51. The number of rotatable bonds is 3. The van der Waals surface area contributed by atoms with E-state index in [9.17, 15) is 13.7 Å². The van der Waals surface area contributed by atoms with E-state index in [0.717, 1.165) is 0 Å². The highest BCUT2D eigenvalue weighted by atomic mass is 32.2. The fraction of sp³-hybridized carbons (Fsp3) is 0.312. The van der Waals surface area contributed by atoms with Gasteiger partial charge >= 0.3 is 0 Å². The van der Waals surface area contributed by atoms with Gasteiger partial charge in [-0.05, 0) is 43.2 Å². The maximum absolute atomic E-state index is 14.3. The topological polar surface area (TPSA) is 127 Å². The highest BCUT2D eigenvalue weighted by Gasteiger charge is 2.45. The maximum atomic E-state index is 14.3. The molecule has 1 fully saturated rings. The lowest BCUT2D eigenvalue weighted by Crippen LogP contribution is -2.56. The summed E-state index contributed by atoms with van der Waals surface area (Å²) >= 11 is -1.36. The molecular weight excluding hydrogens is 359 g/mol. The van der Waals surface area contributed by atoms with Crippen molar-refractivity contribution in [3.8, 4) is 0 Å². The Labute approximate surface area is 152 Å². The van der Waals surface area contributed by atoms with Gasteiger partial charge in [-0.15, -0.1) is 0 Å². The van der Waals surface area contributed by atoms with Gasteiger partial charge in [0, 0.05) is 6.20 Å². The van der Waals surface area contributed by atoms with Crippen molar-refractivity contribution in [2.45, 2.75) is 24.6 Å². The van der Waals surface area contributed by atoms with Crippen LogP contribution in [0.3, 0.4) is 0 Å². The highest BCUT2D eigenvalue weighted by Crippen LogP contribution is 2.30. The number of carbonyl (C=O) groups is 1. The summed E-state index contributed by atoms with van der Waals surface area (Å²) < 4.78 is 25.8. The zero-order chi connectivity index (χ0) is 18.9. The average molecular weight is 376 g/mol. The molecule has 0 spiro atoms. The average Bonchev–Trinajstić information content (AvgIpc) is 2.62. The van der Waals surface area contributed by atoms with E-state index in [1.54, 1.807) is 13.8 Å². The van der Waals surface area contributed by atoms with Crippen LogP contribution in [-0.2, 0) is 11.2 Å². The molecule has 3 rings (SSSR count). The predicted molar refractivity (Wildman–Crippen MR) is 94.9 cm³/mol. The molecule has 0 saturated carbocycles. The Morgan fingerprint density at radius 2 is 2.23 bits per heavy atom. The molecule has 2 atom stereocenters. The lowest BCUT2D eigenvalue weighted by Gasteiger charge is -2.38. The molecule has 0 radical (unpaired) electrons. The van der Waals surface area contributed by atoms with Crippen molar-refractivity contribution < 1.29 is 13.7 Å². The van der Waals surface area contributed by atoms with Crippen LogP contribution in [0.25, 0.3) is 0 Å². The summed E-state index contributed by atoms with van der Waals surface area (Å²) in [6.07, 6.45) is 2.67. The van der Waals surface area contributed by atoms with E-state index >= 15 is 0 Å². The number of aromatic nitrogens is 3. The van der Waals surface area contributed by atoms with E-state index in [-0.39, 0.29) is 28.8 Å². The fourth-order valence-electron chi connectivity index (χ4n) is 2.39. The number of anilines is 1. The molecule has 136 valence electrons. The van der Waals surface area contributed by atoms with Crippen LogP contribution in [0.4, 0.5) is 10.2 Å². The van der Waals surface area contributed by atoms with Gasteiger partial charge in [0.2, 0.25) is 0 Å². The fourth-order valence-corrected chi connectivity index (χ4v) is 3.64. The number of hydrogen-bond donors (Lipinski definition) is 3. The van der Waals surface area contributed by atoms with Crippen molar-refractivity contribution >= 4 is 28.7 Å². The largest absolute Gasteiger partial charge is 0.616 e. The molecule has 0 aromatic carbocycles. The van der Waals surface area contributed by atoms with Crippen LogP contribution in [0.15, 0.2) is 30.7 Å². The summed E-state index contributed by atoms with van der Waals surface area (Å²) in [6, 6.07) is 3.22. The van der Waals surface area contributed by atoms with Gasteiger partial charge in [-0.2, -0.15) is 0 Å². The number of halogens is 1. The van der Waals surface area contributed by atoms with E-state index < -0.39 is 33.7 Å². The van der Waals surface area contributed by atoms with Crippen LogP contribution in [0.1, 0.15) is 36.1 Å². The summed E-state index contributed by atoms with van der Waals surface area (Å²) in [7, 11) is 0. The van der Waals surface area contributed by atoms with Crippen LogP contribution >= 0.6 is 0 Å². The number of amidine groups is 1. The van der Waals surface area contributed by atoms with Crippen LogP contribution in [0.5, 0.6) is 0 Å². The minimum atomic E-state index is -1.36. The smallest absolute Gasteiger partial charge is 0.275 e. The predicted octanol–water partition coefficient (Wildman–Crippen LogP) is 1.41. The molecule has 0 bridgehead atoms. The first-order valence-electron chi connectivity index (χ1n) is 7.77. The summed E-state index contributed by atoms with van der Waals surface area (Å²) in [5, 5.41) is 13.4. The lowest BCUT2D eigenvalue weighted by atomic mass is 10.1. The Hall–Kier alpha value is -2.59. The van der Waals surface area contributed by atoms with Gasteiger partial charge in [0.1, 0.15) is 41.1 Å². The van der Waals surface area contributed by atoms with E-state index in [2.05, 4.69) is 25.6 Å². The minimum absolute atomic E-state index is 0.000845. The van der Waals surface area contributed by atoms with E-state index in [0.29, 0.717) is 0 Å². The van der Waals surface area contributed by atoms with Gasteiger partial charge in [-0.1, -0.05) is 0 Å². The van der Waals surface area contributed by atoms with Gasteiger partial charge in [0.05, 0.1) is 0 Å². The highest BCUT2D eigenvalue weighted by molar-refractivity contribution is 7.93. The van der Waals surface area contributed by atoms with Gasteiger partial charge in [0.25, 0.3) is 5.91 Å². The number of hydrogen-bond acceptors (Lipinski definition) is 6. The van der Waals surface area contributed by atoms with Crippen molar-refractivity contribution in [2.75, 3.05) is 11.1 Å². The zero-order valence-corrected chi connectivity index (χ0v) is 14.9. The van der Waals surface area contributed by atoms with Crippen molar-refractivity contribution in [3.05, 3.63) is 47.9 Å². The molecule has 10 heteroatoms. The second-order valence-electron chi connectivity index (χ2n) is 6.21. The first-order valence-corrected chi connectivity index (χ1v) is 9.09.